The predicted octanol–water partition coefficient (Wildman–Crippen LogP) is 2.14. The number of carbonyl (C=O) groups is 1. The molecule has 3 nitrogen and oxygen atoms in total. The second-order valence-electron chi connectivity index (χ2n) is 3.55. The maximum absolute atomic E-state index is 11.5. The number of anilines is 2. The van der Waals surface area contributed by atoms with E-state index >= 15 is 0 Å². The van der Waals surface area contributed by atoms with Crippen molar-refractivity contribution in [3.8, 4) is 0 Å². The van der Waals surface area contributed by atoms with E-state index in [0.717, 1.165) is 11.4 Å². The second kappa shape index (κ2) is 3.03. The molecule has 1 aromatic rings. The molecule has 0 aliphatic carbocycles. The topological polar surface area (TPSA) is 41.1 Å². The predicted molar refractivity (Wildman–Crippen MR) is 55.2 cm³/mol. The summed E-state index contributed by atoms with van der Waals surface area (Å²) >= 11 is 1.59. The van der Waals surface area contributed by atoms with E-state index in [-0.39, 0.29) is 11.9 Å². The molecule has 0 saturated heterocycles. The maximum atomic E-state index is 11.5. The molecule has 2 rings (SSSR count). The average Bonchev–Trinajstić information content (AvgIpc) is 2.48. The minimum absolute atomic E-state index is 0.0703. The van der Waals surface area contributed by atoms with Crippen LogP contribution in [0.2, 0.25) is 0 Å². The molecular formula is C9H12N2OS. The summed E-state index contributed by atoms with van der Waals surface area (Å²) in [5, 5.41) is 10.1. The Morgan fingerprint density at radius 2 is 2.08 bits per heavy atom. The van der Waals surface area contributed by atoms with E-state index in [1.54, 1.807) is 11.3 Å². The van der Waals surface area contributed by atoms with Crippen LogP contribution < -0.4 is 10.6 Å². The fraction of sp³-hybridized carbons (Fsp3) is 0.444. The molecule has 4 heteroatoms. The third kappa shape index (κ3) is 1.42. The van der Waals surface area contributed by atoms with Crippen LogP contribution in [0.4, 0.5) is 11.4 Å². The van der Waals surface area contributed by atoms with Gasteiger partial charge in [-0.25, -0.2) is 0 Å². The molecular weight excluding hydrogens is 184 g/mol. The van der Waals surface area contributed by atoms with Gasteiger partial charge in [0, 0.05) is 10.8 Å². The van der Waals surface area contributed by atoms with E-state index in [1.165, 1.54) is 0 Å². The van der Waals surface area contributed by atoms with Crippen LogP contribution in [0.15, 0.2) is 10.8 Å². The molecule has 0 fully saturated rings. The summed E-state index contributed by atoms with van der Waals surface area (Å²) in [7, 11) is 0. The molecule has 0 spiro atoms. The molecule has 1 atom stereocenters. The molecule has 1 aromatic heterocycles. The molecule has 0 saturated carbocycles. The molecule has 2 heterocycles. The van der Waals surface area contributed by atoms with E-state index in [9.17, 15) is 4.79 Å². The summed E-state index contributed by atoms with van der Waals surface area (Å²) in [6.07, 6.45) is 0. The second-order valence-corrected chi connectivity index (χ2v) is 4.30. The van der Waals surface area contributed by atoms with Crippen LogP contribution in [-0.2, 0) is 4.79 Å². The van der Waals surface area contributed by atoms with Gasteiger partial charge in [-0.05, 0) is 5.92 Å². The molecule has 0 radical (unpaired) electrons. The molecule has 1 unspecified atom stereocenters. The number of thiophene rings is 1. The largest absolute Gasteiger partial charge is 0.371 e. The molecule has 13 heavy (non-hydrogen) atoms. The Hall–Kier alpha value is -1.03. The normalized spacial score (nSPS) is 20.8. The standard InChI is InChI=1S/C9H12N2OS/c1-5(2)8-9(12)11-7-4-13-3-6(7)10-8/h3-5,8,10H,1-2H3,(H,11,12). The smallest absolute Gasteiger partial charge is 0.247 e. The van der Waals surface area contributed by atoms with Crippen LogP contribution in [0, 0.1) is 5.92 Å². The number of nitrogens with one attached hydrogen (secondary N) is 2. The van der Waals surface area contributed by atoms with E-state index in [4.69, 9.17) is 0 Å². The average molecular weight is 196 g/mol. The minimum Gasteiger partial charge on any atom is -0.371 e. The van der Waals surface area contributed by atoms with Crippen LogP contribution in [-0.4, -0.2) is 11.9 Å². The first-order chi connectivity index (χ1) is 6.18. The van der Waals surface area contributed by atoms with Gasteiger partial charge in [0.15, 0.2) is 0 Å². The zero-order chi connectivity index (χ0) is 9.42. The third-order valence-corrected chi connectivity index (χ3v) is 2.92. The summed E-state index contributed by atoms with van der Waals surface area (Å²) < 4.78 is 0. The number of amides is 1. The molecule has 0 aromatic carbocycles. The molecule has 2 N–H and O–H groups in total. The van der Waals surface area contributed by atoms with Crippen LogP contribution >= 0.6 is 11.3 Å². The van der Waals surface area contributed by atoms with Crippen molar-refractivity contribution >= 4 is 28.6 Å². The lowest BCUT2D eigenvalue weighted by Crippen LogP contribution is -2.41. The summed E-state index contributed by atoms with van der Waals surface area (Å²) in [5.74, 6) is 0.383. The highest BCUT2D eigenvalue weighted by atomic mass is 32.1. The number of rotatable bonds is 1. The first-order valence-corrected chi connectivity index (χ1v) is 5.26. The zero-order valence-corrected chi connectivity index (χ0v) is 8.44. The Morgan fingerprint density at radius 3 is 2.77 bits per heavy atom. The Morgan fingerprint density at radius 1 is 1.38 bits per heavy atom. The van der Waals surface area contributed by atoms with Crippen LogP contribution in [0.1, 0.15) is 13.8 Å². The minimum atomic E-state index is -0.0953. The summed E-state index contributed by atoms with van der Waals surface area (Å²) in [5.41, 5.74) is 1.95. The Kier molecular flexibility index (Phi) is 2.00. The fourth-order valence-electron chi connectivity index (χ4n) is 1.42. The van der Waals surface area contributed by atoms with Gasteiger partial charge in [0.1, 0.15) is 6.04 Å². The van der Waals surface area contributed by atoms with Crippen LogP contribution in [0.3, 0.4) is 0 Å². The van der Waals surface area contributed by atoms with Crippen molar-refractivity contribution in [2.75, 3.05) is 10.6 Å². The summed E-state index contributed by atoms with van der Waals surface area (Å²) in [4.78, 5) is 11.5. The Labute approximate surface area is 81.2 Å². The SMILES string of the molecule is CC(C)C1Nc2cscc2NC1=O. The van der Waals surface area contributed by atoms with Gasteiger partial charge >= 0.3 is 0 Å². The number of fused-ring (bicyclic) bond motifs is 1. The zero-order valence-electron chi connectivity index (χ0n) is 7.63. The fourth-order valence-corrected chi connectivity index (χ4v) is 2.14. The highest BCUT2D eigenvalue weighted by Gasteiger charge is 2.27. The van der Waals surface area contributed by atoms with E-state index in [1.807, 2.05) is 24.6 Å². The maximum Gasteiger partial charge on any atom is 0.247 e. The summed E-state index contributed by atoms with van der Waals surface area (Å²) in [6, 6.07) is -0.0953. The quantitative estimate of drug-likeness (QED) is 0.722. The van der Waals surface area contributed by atoms with Crippen molar-refractivity contribution < 1.29 is 4.79 Å². The molecule has 1 aliphatic heterocycles. The Balaban J connectivity index is 2.27. The van der Waals surface area contributed by atoms with Crippen molar-refractivity contribution in [2.45, 2.75) is 19.9 Å². The lowest BCUT2D eigenvalue weighted by molar-refractivity contribution is -0.117. The molecule has 70 valence electrons. The van der Waals surface area contributed by atoms with Gasteiger partial charge < -0.3 is 10.6 Å². The lowest BCUT2D eigenvalue weighted by Gasteiger charge is -2.27. The monoisotopic (exact) mass is 196 g/mol. The lowest BCUT2D eigenvalue weighted by atomic mass is 10.0. The highest BCUT2D eigenvalue weighted by Crippen LogP contribution is 2.31. The summed E-state index contributed by atoms with van der Waals surface area (Å²) in [6.45, 7) is 4.07. The van der Waals surface area contributed by atoms with Gasteiger partial charge in [0.05, 0.1) is 11.4 Å². The first-order valence-electron chi connectivity index (χ1n) is 4.32. The van der Waals surface area contributed by atoms with Crippen LogP contribution in [0.25, 0.3) is 0 Å². The van der Waals surface area contributed by atoms with Gasteiger partial charge in [-0.1, -0.05) is 13.8 Å². The Bertz CT molecular complexity index is 332. The first kappa shape index (κ1) is 8.56. The molecule has 1 aliphatic rings. The van der Waals surface area contributed by atoms with Gasteiger partial charge in [0.25, 0.3) is 0 Å². The molecule has 0 bridgehead atoms. The van der Waals surface area contributed by atoms with E-state index < -0.39 is 0 Å². The number of hydrogen-bond donors (Lipinski definition) is 2. The van der Waals surface area contributed by atoms with Gasteiger partial charge in [0.2, 0.25) is 5.91 Å². The van der Waals surface area contributed by atoms with Crippen molar-refractivity contribution in [1.29, 1.82) is 0 Å². The third-order valence-electron chi connectivity index (χ3n) is 2.18. The highest BCUT2D eigenvalue weighted by molar-refractivity contribution is 7.09. The van der Waals surface area contributed by atoms with E-state index in [2.05, 4.69) is 10.6 Å². The van der Waals surface area contributed by atoms with Gasteiger partial charge in [-0.2, -0.15) is 0 Å². The van der Waals surface area contributed by atoms with Gasteiger partial charge in [-0.15, -0.1) is 11.3 Å². The van der Waals surface area contributed by atoms with Crippen molar-refractivity contribution in [2.24, 2.45) is 5.92 Å². The van der Waals surface area contributed by atoms with Gasteiger partial charge in [-0.3, -0.25) is 4.79 Å². The molecule has 1 amide bonds. The number of hydrogen-bond acceptors (Lipinski definition) is 3. The van der Waals surface area contributed by atoms with Crippen molar-refractivity contribution in [3.05, 3.63) is 10.8 Å². The van der Waals surface area contributed by atoms with Crippen LogP contribution in [0.5, 0.6) is 0 Å². The van der Waals surface area contributed by atoms with E-state index in [0.29, 0.717) is 5.92 Å². The number of carbonyl (C=O) groups excluding carboxylic acids is 1. The van der Waals surface area contributed by atoms with Crippen molar-refractivity contribution in [1.82, 2.24) is 0 Å². The van der Waals surface area contributed by atoms with Crippen molar-refractivity contribution in [3.63, 3.8) is 0 Å².